The van der Waals surface area contributed by atoms with Crippen LogP contribution in [-0.4, -0.2) is 22.0 Å². The van der Waals surface area contributed by atoms with Gasteiger partial charge in [-0.3, -0.25) is 4.79 Å². The minimum absolute atomic E-state index is 0.00296. The van der Waals surface area contributed by atoms with Gasteiger partial charge < -0.3 is 10.0 Å². The van der Waals surface area contributed by atoms with Gasteiger partial charge in [0.25, 0.3) is 0 Å². The van der Waals surface area contributed by atoms with E-state index < -0.39 is 0 Å². The van der Waals surface area contributed by atoms with Crippen molar-refractivity contribution in [3.8, 4) is 16.9 Å². The fourth-order valence-corrected chi connectivity index (χ4v) is 5.21. The number of benzene rings is 4. The maximum Gasteiger partial charge on any atom is 0.226 e. The molecule has 0 spiro atoms. The van der Waals surface area contributed by atoms with Crippen LogP contribution in [0, 0.1) is 12.8 Å². The summed E-state index contributed by atoms with van der Waals surface area (Å²) in [6.45, 7) is 4.51. The molecule has 1 aliphatic rings. The molecule has 3 nitrogen and oxygen atoms in total. The highest BCUT2D eigenvalue weighted by molar-refractivity contribution is 5.91. The first kappa shape index (κ1) is 21.3. The second kappa shape index (κ2) is 8.74. The summed E-state index contributed by atoms with van der Waals surface area (Å²) in [6.07, 6.45) is 1.65. The molecule has 0 saturated carbocycles. The third kappa shape index (κ3) is 4.11. The van der Waals surface area contributed by atoms with Crippen molar-refractivity contribution >= 4 is 16.7 Å². The highest BCUT2D eigenvalue weighted by atomic mass is 16.3. The minimum Gasteiger partial charge on any atom is -0.508 e. The summed E-state index contributed by atoms with van der Waals surface area (Å²) in [5, 5.41) is 12.9. The second-order valence-corrected chi connectivity index (χ2v) is 9.26. The quantitative estimate of drug-likeness (QED) is 0.389. The Balaban J connectivity index is 1.42. The van der Waals surface area contributed by atoms with Gasteiger partial charge in [0.15, 0.2) is 0 Å². The lowest BCUT2D eigenvalue weighted by molar-refractivity contribution is -0.132. The second-order valence-electron chi connectivity index (χ2n) is 9.26. The molecular weight excluding hydrogens is 406 g/mol. The number of phenolic OH excluding ortho intramolecular Hbond substituents is 1. The van der Waals surface area contributed by atoms with Crippen LogP contribution in [0.1, 0.15) is 30.0 Å². The number of phenols is 1. The lowest BCUT2D eigenvalue weighted by atomic mass is 9.97. The molecule has 4 aromatic carbocycles. The largest absolute Gasteiger partial charge is 0.508 e. The zero-order valence-electron chi connectivity index (χ0n) is 19.2. The summed E-state index contributed by atoms with van der Waals surface area (Å²) in [5.74, 6) is 0.429. The van der Waals surface area contributed by atoms with Gasteiger partial charge in [0.2, 0.25) is 5.91 Å². The first-order valence-corrected chi connectivity index (χ1v) is 11.7. The van der Waals surface area contributed by atoms with E-state index in [-0.39, 0.29) is 23.6 Å². The maximum atomic E-state index is 13.1. The molecule has 0 aromatic heterocycles. The SMILES string of the molecule is Cc1cccc2ccc(O)c(CN3C(=O)[C@H](C)C[C@H]3Cc3ccc(-c4ccccc4)cc3)c12. The van der Waals surface area contributed by atoms with Gasteiger partial charge in [-0.1, -0.05) is 85.8 Å². The average Bonchev–Trinajstić information content (AvgIpc) is 3.09. The monoisotopic (exact) mass is 435 g/mol. The van der Waals surface area contributed by atoms with E-state index in [1.165, 1.54) is 16.7 Å². The number of nitrogens with zero attached hydrogens (tertiary/aromatic N) is 1. The van der Waals surface area contributed by atoms with E-state index in [0.717, 1.165) is 34.7 Å². The number of aryl methyl sites for hydroxylation is 1. The van der Waals surface area contributed by atoms with Crippen LogP contribution in [0.3, 0.4) is 0 Å². The van der Waals surface area contributed by atoms with Crippen molar-refractivity contribution in [2.75, 3.05) is 0 Å². The van der Waals surface area contributed by atoms with Crippen LogP contribution in [0.4, 0.5) is 0 Å². The van der Waals surface area contributed by atoms with E-state index in [2.05, 4.69) is 67.6 Å². The lowest BCUT2D eigenvalue weighted by Crippen LogP contribution is -2.34. The molecule has 166 valence electrons. The summed E-state index contributed by atoms with van der Waals surface area (Å²) in [4.78, 5) is 15.1. The van der Waals surface area contributed by atoms with Gasteiger partial charge in [0, 0.05) is 17.5 Å². The summed E-state index contributed by atoms with van der Waals surface area (Å²) < 4.78 is 0. The molecule has 2 atom stereocenters. The Kier molecular flexibility index (Phi) is 5.63. The van der Waals surface area contributed by atoms with Gasteiger partial charge in [0.05, 0.1) is 6.54 Å². The summed E-state index contributed by atoms with van der Waals surface area (Å²) >= 11 is 0. The molecule has 1 N–H and O–H groups in total. The Morgan fingerprint density at radius 1 is 0.879 bits per heavy atom. The molecule has 0 bridgehead atoms. The van der Waals surface area contributed by atoms with Crippen molar-refractivity contribution < 1.29 is 9.90 Å². The van der Waals surface area contributed by atoms with E-state index in [0.29, 0.717) is 6.54 Å². The number of likely N-dealkylation sites (tertiary alicyclic amines) is 1. The number of hydrogen-bond donors (Lipinski definition) is 1. The fourth-order valence-electron chi connectivity index (χ4n) is 5.21. The molecule has 0 unspecified atom stereocenters. The zero-order valence-corrected chi connectivity index (χ0v) is 19.2. The standard InChI is InChI=1S/C30H29NO2/c1-20-7-6-10-25-15-16-28(32)27(29(20)25)19-31-26(17-21(2)30(31)33)18-22-11-13-24(14-12-22)23-8-4-3-5-9-23/h3-16,21,26,32H,17-19H2,1-2H3/t21-,26+/m1/s1. The molecule has 1 saturated heterocycles. The highest BCUT2D eigenvalue weighted by Crippen LogP contribution is 2.35. The maximum absolute atomic E-state index is 13.1. The van der Waals surface area contributed by atoms with Crippen LogP contribution >= 0.6 is 0 Å². The van der Waals surface area contributed by atoms with E-state index in [1.54, 1.807) is 6.07 Å². The van der Waals surface area contributed by atoms with Crippen molar-refractivity contribution in [1.29, 1.82) is 0 Å². The fraction of sp³-hybridized carbons (Fsp3) is 0.233. The minimum atomic E-state index is -0.00296. The third-order valence-corrected chi connectivity index (χ3v) is 6.97. The van der Waals surface area contributed by atoms with E-state index >= 15 is 0 Å². The van der Waals surface area contributed by atoms with Crippen LogP contribution < -0.4 is 0 Å². The van der Waals surface area contributed by atoms with Crippen LogP contribution in [0.2, 0.25) is 0 Å². The molecule has 0 aliphatic carbocycles. The van der Waals surface area contributed by atoms with Crippen LogP contribution in [-0.2, 0) is 17.8 Å². The smallest absolute Gasteiger partial charge is 0.226 e. The first-order valence-electron chi connectivity index (χ1n) is 11.7. The highest BCUT2D eigenvalue weighted by Gasteiger charge is 2.37. The van der Waals surface area contributed by atoms with Crippen molar-refractivity contribution in [1.82, 2.24) is 4.90 Å². The summed E-state index contributed by atoms with van der Waals surface area (Å²) in [7, 11) is 0. The zero-order chi connectivity index (χ0) is 22.9. The average molecular weight is 436 g/mol. The van der Waals surface area contributed by atoms with Crippen molar-refractivity contribution in [3.05, 3.63) is 102 Å². The number of aromatic hydroxyl groups is 1. The lowest BCUT2D eigenvalue weighted by Gasteiger charge is -2.26. The Morgan fingerprint density at radius 2 is 1.61 bits per heavy atom. The number of hydrogen-bond acceptors (Lipinski definition) is 2. The van der Waals surface area contributed by atoms with Gasteiger partial charge in [-0.15, -0.1) is 0 Å². The van der Waals surface area contributed by atoms with E-state index in [9.17, 15) is 9.90 Å². The molecule has 0 radical (unpaired) electrons. The first-order chi connectivity index (χ1) is 16.0. The number of carbonyl (C=O) groups excluding carboxylic acids is 1. The van der Waals surface area contributed by atoms with E-state index in [4.69, 9.17) is 0 Å². The van der Waals surface area contributed by atoms with Crippen molar-refractivity contribution in [2.45, 2.75) is 39.3 Å². The molecule has 3 heteroatoms. The van der Waals surface area contributed by atoms with Crippen LogP contribution in [0.15, 0.2) is 84.9 Å². The molecule has 4 aromatic rings. The molecule has 1 aliphatic heterocycles. The van der Waals surface area contributed by atoms with Gasteiger partial charge in [-0.05, 0) is 58.9 Å². The normalized spacial score (nSPS) is 18.2. The van der Waals surface area contributed by atoms with Crippen LogP contribution in [0.5, 0.6) is 5.75 Å². The summed E-state index contributed by atoms with van der Waals surface area (Å²) in [5.41, 5.74) is 5.59. The molecular formula is C30H29NO2. The van der Waals surface area contributed by atoms with Crippen molar-refractivity contribution in [2.24, 2.45) is 5.92 Å². The predicted octanol–water partition coefficient (Wildman–Crippen LogP) is 6.50. The molecule has 1 fully saturated rings. The summed E-state index contributed by atoms with van der Waals surface area (Å²) in [6, 6.07) is 29.0. The van der Waals surface area contributed by atoms with Gasteiger partial charge in [-0.2, -0.15) is 0 Å². The number of amides is 1. The molecule has 1 amide bonds. The number of carbonyl (C=O) groups is 1. The third-order valence-electron chi connectivity index (χ3n) is 6.97. The predicted molar refractivity (Wildman–Crippen MR) is 134 cm³/mol. The molecule has 33 heavy (non-hydrogen) atoms. The Morgan fingerprint density at radius 3 is 2.36 bits per heavy atom. The molecule has 5 rings (SSSR count). The Labute approximate surface area is 195 Å². The number of fused-ring (bicyclic) bond motifs is 1. The number of rotatable bonds is 5. The Bertz CT molecular complexity index is 1290. The topological polar surface area (TPSA) is 40.5 Å². The van der Waals surface area contributed by atoms with E-state index in [1.807, 2.05) is 30.0 Å². The van der Waals surface area contributed by atoms with Crippen LogP contribution in [0.25, 0.3) is 21.9 Å². The van der Waals surface area contributed by atoms with Crippen molar-refractivity contribution in [3.63, 3.8) is 0 Å². The van der Waals surface area contributed by atoms with Gasteiger partial charge in [-0.25, -0.2) is 0 Å². The van der Waals surface area contributed by atoms with Gasteiger partial charge in [0.1, 0.15) is 5.75 Å². The molecule has 1 heterocycles. The van der Waals surface area contributed by atoms with Gasteiger partial charge >= 0.3 is 0 Å². The Hall–Kier alpha value is -3.59.